The summed E-state index contributed by atoms with van der Waals surface area (Å²) in [5, 5.41) is 0. The first-order valence-electron chi connectivity index (χ1n) is 4.90. The second kappa shape index (κ2) is 5.37. The Kier molecular flexibility index (Phi) is 4.36. The number of allylic oxidation sites excluding steroid dienone is 3. The zero-order chi connectivity index (χ0) is 13.1. The highest BCUT2D eigenvalue weighted by atomic mass is 19.4. The van der Waals surface area contributed by atoms with Gasteiger partial charge in [-0.05, 0) is 12.2 Å². The number of hydrogen-bond donors (Lipinski definition) is 1. The SMILES string of the molecule is NC1=CC(C(F)(F)F)CC(OC(CF)CF)=C1. The molecule has 0 aromatic rings. The zero-order valence-electron chi connectivity index (χ0n) is 8.81. The van der Waals surface area contributed by atoms with Gasteiger partial charge in [0.05, 0.1) is 11.7 Å². The van der Waals surface area contributed by atoms with Crippen LogP contribution >= 0.6 is 0 Å². The van der Waals surface area contributed by atoms with E-state index in [2.05, 4.69) is 0 Å². The topological polar surface area (TPSA) is 35.2 Å². The van der Waals surface area contributed by atoms with Gasteiger partial charge in [0.25, 0.3) is 0 Å². The van der Waals surface area contributed by atoms with Gasteiger partial charge in [0, 0.05) is 12.1 Å². The van der Waals surface area contributed by atoms with Crippen LogP contribution in [0.4, 0.5) is 22.0 Å². The van der Waals surface area contributed by atoms with Crippen molar-refractivity contribution in [2.45, 2.75) is 18.7 Å². The van der Waals surface area contributed by atoms with Crippen LogP contribution in [0.25, 0.3) is 0 Å². The van der Waals surface area contributed by atoms with E-state index in [1.54, 1.807) is 0 Å². The second-order valence-corrected chi connectivity index (χ2v) is 3.68. The Labute approximate surface area is 94.9 Å². The van der Waals surface area contributed by atoms with Gasteiger partial charge in [-0.2, -0.15) is 13.2 Å². The highest BCUT2D eigenvalue weighted by Crippen LogP contribution is 2.35. The van der Waals surface area contributed by atoms with E-state index < -0.39 is 38.0 Å². The molecule has 0 heterocycles. The molecule has 0 aromatic heterocycles. The molecule has 17 heavy (non-hydrogen) atoms. The van der Waals surface area contributed by atoms with Crippen molar-refractivity contribution in [3.63, 3.8) is 0 Å². The smallest absolute Gasteiger partial charge is 0.395 e. The summed E-state index contributed by atoms with van der Waals surface area (Å²) in [4.78, 5) is 0. The molecule has 0 fully saturated rings. The zero-order valence-corrected chi connectivity index (χ0v) is 8.81. The molecule has 0 amide bonds. The molecule has 2 N–H and O–H groups in total. The molecule has 1 aliphatic carbocycles. The molecule has 0 aliphatic heterocycles. The fourth-order valence-corrected chi connectivity index (χ4v) is 1.41. The Bertz CT molecular complexity index is 319. The number of nitrogens with two attached hydrogens (primary N) is 1. The van der Waals surface area contributed by atoms with Crippen LogP contribution in [0.2, 0.25) is 0 Å². The minimum Gasteiger partial charge on any atom is -0.489 e. The van der Waals surface area contributed by atoms with Crippen LogP contribution in [0, 0.1) is 5.92 Å². The predicted octanol–water partition coefficient (Wildman–Crippen LogP) is 2.62. The molecular weight excluding hydrogens is 245 g/mol. The maximum absolute atomic E-state index is 12.5. The fraction of sp³-hybridized carbons (Fsp3) is 0.600. The van der Waals surface area contributed by atoms with Crippen molar-refractivity contribution in [3.8, 4) is 0 Å². The largest absolute Gasteiger partial charge is 0.489 e. The lowest BCUT2D eigenvalue weighted by Gasteiger charge is -2.24. The summed E-state index contributed by atoms with van der Waals surface area (Å²) in [7, 11) is 0. The molecule has 1 unspecified atom stereocenters. The molecular formula is C10H12F5NO. The van der Waals surface area contributed by atoms with Gasteiger partial charge >= 0.3 is 6.18 Å². The van der Waals surface area contributed by atoms with Crippen molar-refractivity contribution in [1.82, 2.24) is 0 Å². The van der Waals surface area contributed by atoms with E-state index >= 15 is 0 Å². The average molecular weight is 257 g/mol. The van der Waals surface area contributed by atoms with Crippen molar-refractivity contribution in [1.29, 1.82) is 0 Å². The van der Waals surface area contributed by atoms with Gasteiger partial charge in [-0.3, -0.25) is 0 Å². The van der Waals surface area contributed by atoms with E-state index in [0.717, 1.165) is 12.2 Å². The monoisotopic (exact) mass is 257 g/mol. The van der Waals surface area contributed by atoms with Crippen LogP contribution in [0.3, 0.4) is 0 Å². The number of ether oxygens (including phenoxy) is 1. The average Bonchev–Trinajstić information content (AvgIpc) is 2.24. The third-order valence-corrected chi connectivity index (χ3v) is 2.23. The summed E-state index contributed by atoms with van der Waals surface area (Å²) < 4.78 is 66.5. The molecule has 1 atom stereocenters. The first-order chi connectivity index (χ1) is 7.86. The van der Waals surface area contributed by atoms with Crippen molar-refractivity contribution in [2.75, 3.05) is 13.3 Å². The van der Waals surface area contributed by atoms with E-state index in [0.29, 0.717) is 0 Å². The maximum Gasteiger partial charge on any atom is 0.395 e. The minimum atomic E-state index is -4.45. The minimum absolute atomic E-state index is 0.120. The third kappa shape index (κ3) is 3.90. The van der Waals surface area contributed by atoms with E-state index in [1.807, 2.05) is 0 Å². The first kappa shape index (κ1) is 13.8. The van der Waals surface area contributed by atoms with Crippen LogP contribution < -0.4 is 5.73 Å². The Morgan fingerprint density at radius 1 is 1.35 bits per heavy atom. The number of rotatable bonds is 4. The summed E-state index contributed by atoms with van der Waals surface area (Å²) in [6.45, 7) is -2.21. The molecule has 0 saturated carbocycles. The molecule has 0 spiro atoms. The number of halogens is 5. The van der Waals surface area contributed by atoms with Gasteiger partial charge in [-0.15, -0.1) is 0 Å². The second-order valence-electron chi connectivity index (χ2n) is 3.68. The van der Waals surface area contributed by atoms with Crippen LogP contribution in [-0.2, 0) is 4.74 Å². The van der Waals surface area contributed by atoms with Crippen LogP contribution in [0.15, 0.2) is 23.6 Å². The highest BCUT2D eigenvalue weighted by Gasteiger charge is 2.40. The van der Waals surface area contributed by atoms with Crippen molar-refractivity contribution in [3.05, 3.63) is 23.6 Å². The lowest BCUT2D eigenvalue weighted by molar-refractivity contribution is -0.163. The molecule has 2 nitrogen and oxygen atoms in total. The number of hydrogen-bond acceptors (Lipinski definition) is 2. The van der Waals surface area contributed by atoms with Crippen molar-refractivity contribution < 1.29 is 26.7 Å². The van der Waals surface area contributed by atoms with Gasteiger partial charge in [-0.1, -0.05) is 0 Å². The molecule has 98 valence electrons. The normalized spacial score (nSPS) is 21.2. The predicted molar refractivity (Wildman–Crippen MR) is 51.3 cm³/mol. The van der Waals surface area contributed by atoms with Gasteiger partial charge in [0.1, 0.15) is 13.3 Å². The van der Waals surface area contributed by atoms with Crippen molar-refractivity contribution >= 4 is 0 Å². The third-order valence-electron chi connectivity index (χ3n) is 2.23. The molecule has 1 aliphatic rings. The quantitative estimate of drug-likeness (QED) is 0.786. The van der Waals surface area contributed by atoms with Crippen LogP contribution in [0.1, 0.15) is 6.42 Å². The highest BCUT2D eigenvalue weighted by molar-refractivity contribution is 5.25. The van der Waals surface area contributed by atoms with Gasteiger partial charge in [-0.25, -0.2) is 8.78 Å². The first-order valence-corrected chi connectivity index (χ1v) is 4.90. The summed E-state index contributed by atoms with van der Waals surface area (Å²) in [5.41, 5.74) is 5.17. The summed E-state index contributed by atoms with van der Waals surface area (Å²) in [6.07, 6.45) is -4.30. The van der Waals surface area contributed by atoms with E-state index in [1.165, 1.54) is 0 Å². The van der Waals surface area contributed by atoms with E-state index in [4.69, 9.17) is 10.5 Å². The van der Waals surface area contributed by atoms with Crippen LogP contribution in [-0.4, -0.2) is 25.6 Å². The summed E-state index contributed by atoms with van der Waals surface area (Å²) in [6, 6.07) is 0. The molecule has 0 saturated heterocycles. The standard InChI is InChI=1S/C10H12F5NO/c11-4-9(5-12)17-8-2-6(10(13,14)15)1-7(16)3-8/h1,3,6,9H,2,4-5,16H2. The Morgan fingerprint density at radius 3 is 2.41 bits per heavy atom. The molecule has 7 heteroatoms. The van der Waals surface area contributed by atoms with E-state index in [-0.39, 0.29) is 11.5 Å². The van der Waals surface area contributed by atoms with Crippen molar-refractivity contribution in [2.24, 2.45) is 11.7 Å². The molecule has 1 rings (SSSR count). The van der Waals surface area contributed by atoms with Gasteiger partial charge in [0.15, 0.2) is 6.10 Å². The summed E-state index contributed by atoms with van der Waals surface area (Å²) in [5.74, 6) is -1.92. The Balaban J connectivity index is 2.73. The maximum atomic E-state index is 12.5. The Morgan fingerprint density at radius 2 is 1.94 bits per heavy atom. The van der Waals surface area contributed by atoms with Gasteiger partial charge in [0.2, 0.25) is 0 Å². The molecule has 0 bridgehead atoms. The van der Waals surface area contributed by atoms with Gasteiger partial charge < -0.3 is 10.5 Å². The molecule has 0 aromatic carbocycles. The lowest BCUT2D eigenvalue weighted by Crippen LogP contribution is -2.27. The summed E-state index contributed by atoms with van der Waals surface area (Å²) >= 11 is 0. The van der Waals surface area contributed by atoms with E-state index in [9.17, 15) is 22.0 Å². The molecule has 0 radical (unpaired) electrons. The fourth-order valence-electron chi connectivity index (χ4n) is 1.41. The number of alkyl halides is 5. The lowest BCUT2D eigenvalue weighted by atomic mass is 9.97. The van der Waals surface area contributed by atoms with Crippen LogP contribution in [0.5, 0.6) is 0 Å². The Hall–Kier alpha value is -1.27.